The number of carbonyl (C=O) groups is 2. The SMILES string of the molecule is COCCN(Cc1nc(C(=O)OC)cs1)C(=O)Nc1ccc(F)c(Cl)c1. The van der Waals surface area contributed by atoms with Crippen molar-refractivity contribution >= 4 is 40.6 Å². The van der Waals surface area contributed by atoms with Crippen LogP contribution in [0, 0.1) is 5.82 Å². The summed E-state index contributed by atoms with van der Waals surface area (Å²) in [6.45, 7) is 0.781. The number of hydrogen-bond donors (Lipinski definition) is 1. The van der Waals surface area contributed by atoms with Crippen LogP contribution in [-0.2, 0) is 16.0 Å². The van der Waals surface area contributed by atoms with Crippen molar-refractivity contribution in [3.8, 4) is 0 Å². The Labute approximate surface area is 158 Å². The summed E-state index contributed by atoms with van der Waals surface area (Å²) < 4.78 is 22.9. The van der Waals surface area contributed by atoms with E-state index in [2.05, 4.69) is 15.0 Å². The van der Waals surface area contributed by atoms with Crippen LogP contribution in [0.2, 0.25) is 5.02 Å². The van der Waals surface area contributed by atoms with E-state index in [9.17, 15) is 14.0 Å². The number of thiazole rings is 1. The second kappa shape index (κ2) is 9.46. The Hall–Kier alpha value is -2.23. The minimum atomic E-state index is -0.570. The third-order valence-corrected chi connectivity index (χ3v) is 4.42. The van der Waals surface area contributed by atoms with Gasteiger partial charge in [-0.15, -0.1) is 11.3 Å². The van der Waals surface area contributed by atoms with Gasteiger partial charge in [0.2, 0.25) is 0 Å². The van der Waals surface area contributed by atoms with Crippen molar-refractivity contribution in [3.05, 3.63) is 45.1 Å². The Morgan fingerprint density at radius 1 is 1.38 bits per heavy atom. The van der Waals surface area contributed by atoms with Crippen molar-refractivity contribution in [2.24, 2.45) is 0 Å². The topological polar surface area (TPSA) is 80.8 Å². The van der Waals surface area contributed by atoms with Crippen molar-refractivity contribution in [1.82, 2.24) is 9.88 Å². The lowest BCUT2D eigenvalue weighted by atomic mass is 10.3. The van der Waals surface area contributed by atoms with E-state index in [0.717, 1.165) is 0 Å². The quantitative estimate of drug-likeness (QED) is 0.719. The molecule has 0 atom stereocenters. The van der Waals surface area contributed by atoms with Crippen LogP contribution in [0.4, 0.5) is 14.9 Å². The highest BCUT2D eigenvalue weighted by atomic mass is 35.5. The molecule has 2 amide bonds. The lowest BCUT2D eigenvalue weighted by Crippen LogP contribution is -2.36. The number of benzene rings is 1. The molecule has 140 valence electrons. The zero-order chi connectivity index (χ0) is 19.1. The molecule has 0 aliphatic carbocycles. The van der Waals surface area contributed by atoms with E-state index < -0.39 is 17.8 Å². The molecular formula is C16H17ClFN3O4S. The third-order valence-electron chi connectivity index (χ3n) is 3.30. The van der Waals surface area contributed by atoms with Gasteiger partial charge in [0.25, 0.3) is 0 Å². The van der Waals surface area contributed by atoms with Crippen molar-refractivity contribution in [1.29, 1.82) is 0 Å². The number of ether oxygens (including phenoxy) is 2. The summed E-state index contributed by atoms with van der Waals surface area (Å²) in [5, 5.41) is 4.68. The van der Waals surface area contributed by atoms with Gasteiger partial charge in [0.15, 0.2) is 5.69 Å². The highest BCUT2D eigenvalue weighted by Gasteiger charge is 2.18. The minimum absolute atomic E-state index is 0.0890. The number of anilines is 1. The van der Waals surface area contributed by atoms with Gasteiger partial charge in [-0.3, -0.25) is 0 Å². The number of urea groups is 1. The molecule has 0 aliphatic heterocycles. The van der Waals surface area contributed by atoms with Gasteiger partial charge < -0.3 is 19.7 Å². The summed E-state index contributed by atoms with van der Waals surface area (Å²) in [5.41, 5.74) is 0.545. The average Bonchev–Trinajstić information content (AvgIpc) is 3.09. The molecule has 0 unspecified atom stereocenters. The Kier molecular flexibility index (Phi) is 7.31. The van der Waals surface area contributed by atoms with Crippen molar-refractivity contribution in [3.63, 3.8) is 0 Å². The summed E-state index contributed by atoms with van der Waals surface area (Å²) in [6.07, 6.45) is 0. The van der Waals surface area contributed by atoms with Gasteiger partial charge >= 0.3 is 12.0 Å². The number of hydrogen-bond acceptors (Lipinski definition) is 6. The van der Waals surface area contributed by atoms with Crippen LogP contribution in [0.25, 0.3) is 0 Å². The summed E-state index contributed by atoms with van der Waals surface area (Å²) in [7, 11) is 2.79. The summed E-state index contributed by atoms with van der Waals surface area (Å²) in [4.78, 5) is 29.6. The molecule has 10 heteroatoms. The molecule has 0 bridgehead atoms. The first-order valence-corrected chi connectivity index (χ1v) is 8.73. The van der Waals surface area contributed by atoms with E-state index in [-0.39, 0.29) is 17.3 Å². The lowest BCUT2D eigenvalue weighted by Gasteiger charge is -2.22. The highest BCUT2D eigenvalue weighted by molar-refractivity contribution is 7.09. The molecule has 0 radical (unpaired) electrons. The monoisotopic (exact) mass is 401 g/mol. The molecule has 1 aromatic carbocycles. The van der Waals surface area contributed by atoms with Gasteiger partial charge in [-0.1, -0.05) is 11.6 Å². The predicted molar refractivity (Wildman–Crippen MR) is 96.2 cm³/mol. The second-order valence-electron chi connectivity index (χ2n) is 5.09. The van der Waals surface area contributed by atoms with Crippen molar-refractivity contribution in [2.45, 2.75) is 6.54 Å². The van der Waals surface area contributed by atoms with Gasteiger partial charge in [-0.25, -0.2) is 19.0 Å². The van der Waals surface area contributed by atoms with Crippen LogP contribution in [0.15, 0.2) is 23.6 Å². The Morgan fingerprint density at radius 2 is 2.15 bits per heavy atom. The van der Waals surface area contributed by atoms with Gasteiger partial charge in [-0.05, 0) is 18.2 Å². The van der Waals surface area contributed by atoms with Crippen LogP contribution >= 0.6 is 22.9 Å². The number of rotatable bonds is 7. The molecule has 1 aromatic heterocycles. The van der Waals surface area contributed by atoms with E-state index in [1.54, 1.807) is 5.38 Å². The summed E-state index contributed by atoms with van der Waals surface area (Å²) in [5.74, 6) is -1.11. The highest BCUT2D eigenvalue weighted by Crippen LogP contribution is 2.20. The molecule has 1 heterocycles. The van der Waals surface area contributed by atoms with Crippen LogP contribution in [0.5, 0.6) is 0 Å². The van der Waals surface area contributed by atoms with E-state index in [1.165, 1.54) is 48.7 Å². The van der Waals surface area contributed by atoms with E-state index in [1.807, 2.05) is 0 Å². The molecule has 26 heavy (non-hydrogen) atoms. The maximum absolute atomic E-state index is 13.2. The molecule has 0 saturated carbocycles. The number of aromatic nitrogens is 1. The van der Waals surface area contributed by atoms with Crippen LogP contribution in [0.3, 0.4) is 0 Å². The molecule has 0 aliphatic rings. The number of methoxy groups -OCH3 is 2. The average molecular weight is 402 g/mol. The zero-order valence-corrected chi connectivity index (χ0v) is 15.7. The van der Waals surface area contributed by atoms with Gasteiger partial charge in [-0.2, -0.15) is 0 Å². The van der Waals surface area contributed by atoms with E-state index in [4.69, 9.17) is 16.3 Å². The number of nitrogens with one attached hydrogen (secondary N) is 1. The van der Waals surface area contributed by atoms with Crippen LogP contribution in [-0.4, -0.2) is 49.3 Å². The predicted octanol–water partition coefficient (Wildman–Crippen LogP) is 3.40. The van der Waals surface area contributed by atoms with Crippen LogP contribution < -0.4 is 5.32 Å². The Bertz CT molecular complexity index is 787. The fraction of sp³-hybridized carbons (Fsp3) is 0.312. The molecule has 0 spiro atoms. The first-order valence-electron chi connectivity index (χ1n) is 7.47. The first kappa shape index (κ1) is 20.1. The van der Waals surface area contributed by atoms with E-state index >= 15 is 0 Å². The van der Waals surface area contributed by atoms with Crippen molar-refractivity contribution in [2.75, 3.05) is 32.7 Å². The van der Waals surface area contributed by atoms with Gasteiger partial charge in [0, 0.05) is 24.7 Å². The molecule has 0 saturated heterocycles. The Morgan fingerprint density at radius 3 is 2.81 bits per heavy atom. The molecule has 2 aromatic rings. The van der Waals surface area contributed by atoms with Crippen LogP contribution in [0.1, 0.15) is 15.5 Å². The lowest BCUT2D eigenvalue weighted by molar-refractivity contribution is 0.0594. The van der Waals surface area contributed by atoms with Crippen molar-refractivity contribution < 1.29 is 23.5 Å². The number of carbonyl (C=O) groups excluding carboxylic acids is 2. The molecule has 2 rings (SSSR count). The maximum atomic E-state index is 13.2. The van der Waals surface area contributed by atoms with Gasteiger partial charge in [0.1, 0.15) is 10.8 Å². The summed E-state index contributed by atoms with van der Waals surface area (Å²) >= 11 is 6.96. The fourth-order valence-corrected chi connectivity index (χ4v) is 2.93. The summed E-state index contributed by atoms with van der Waals surface area (Å²) in [6, 6.07) is 3.47. The second-order valence-corrected chi connectivity index (χ2v) is 6.44. The molecule has 7 nitrogen and oxygen atoms in total. The fourth-order valence-electron chi connectivity index (χ4n) is 1.98. The standard InChI is InChI=1S/C16H17ClFN3O4S/c1-24-6-5-21(8-14-20-13(9-26-14)15(22)25-2)16(23)19-10-3-4-12(18)11(17)7-10/h3-4,7,9H,5-6,8H2,1-2H3,(H,19,23). The minimum Gasteiger partial charge on any atom is -0.464 e. The largest absolute Gasteiger partial charge is 0.464 e. The molecular weight excluding hydrogens is 385 g/mol. The molecule has 0 fully saturated rings. The maximum Gasteiger partial charge on any atom is 0.357 e. The smallest absolute Gasteiger partial charge is 0.357 e. The zero-order valence-electron chi connectivity index (χ0n) is 14.1. The van der Waals surface area contributed by atoms with E-state index in [0.29, 0.717) is 23.8 Å². The molecule has 1 N–H and O–H groups in total. The first-order chi connectivity index (χ1) is 12.4. The number of esters is 1. The number of amides is 2. The normalized spacial score (nSPS) is 10.5. The number of halogens is 2. The third kappa shape index (κ3) is 5.38. The van der Waals surface area contributed by atoms with Gasteiger partial charge in [0.05, 0.1) is 25.3 Å². The Balaban J connectivity index is 2.09. The number of nitrogens with zero attached hydrogens (tertiary/aromatic N) is 2.